The van der Waals surface area contributed by atoms with Crippen molar-refractivity contribution in [2.75, 3.05) is 0 Å². The fourth-order valence-corrected chi connectivity index (χ4v) is 2.18. The maximum atomic E-state index is 2.28. The van der Waals surface area contributed by atoms with Crippen LogP contribution in [-0.4, -0.2) is 13.6 Å². The summed E-state index contributed by atoms with van der Waals surface area (Å²) in [5, 5.41) is 1.89. The molecule has 0 aliphatic heterocycles. The topological polar surface area (TPSA) is 0 Å². The lowest BCUT2D eigenvalue weighted by Gasteiger charge is -2.17. The first-order valence-corrected chi connectivity index (χ1v) is 4.91. The minimum atomic E-state index is 0. The Morgan fingerprint density at radius 2 is 1.50 bits per heavy atom. The second-order valence-electron chi connectivity index (χ2n) is 3.74. The molecule has 2 heteroatoms. The highest BCUT2D eigenvalue weighted by atomic mass is 31.1. The van der Waals surface area contributed by atoms with Gasteiger partial charge < -0.3 is 0 Å². The zero-order chi connectivity index (χ0) is 8.32. The summed E-state index contributed by atoms with van der Waals surface area (Å²) >= 11 is 0. The molecule has 0 aliphatic rings. The van der Waals surface area contributed by atoms with Crippen molar-refractivity contribution in [2.45, 2.75) is 25.9 Å². The second-order valence-corrected chi connectivity index (χ2v) is 6.07. The Kier molecular flexibility index (Phi) is 4.56. The van der Waals surface area contributed by atoms with Gasteiger partial charge in [0.15, 0.2) is 0 Å². The highest BCUT2D eigenvalue weighted by Gasteiger charge is 2.09. The van der Waals surface area contributed by atoms with Gasteiger partial charge in [0.25, 0.3) is 0 Å². The standard InChI is InChI=1S/C10H15P.B/c1-10(2,3)11-9-7-5-4-6-8-9;/h4-8,11H,1-3H3;. The van der Waals surface area contributed by atoms with Crippen LogP contribution in [0.2, 0.25) is 0 Å². The lowest BCUT2D eigenvalue weighted by molar-refractivity contribution is 0.799. The number of rotatable bonds is 1. The van der Waals surface area contributed by atoms with Crippen LogP contribution in [0.3, 0.4) is 0 Å². The van der Waals surface area contributed by atoms with Gasteiger partial charge in [-0.2, -0.15) is 0 Å². The summed E-state index contributed by atoms with van der Waals surface area (Å²) in [4.78, 5) is 0. The third-order valence-electron chi connectivity index (χ3n) is 1.29. The number of hydrogen-bond donors (Lipinski definition) is 0. The van der Waals surface area contributed by atoms with Crippen molar-refractivity contribution in [1.29, 1.82) is 0 Å². The van der Waals surface area contributed by atoms with Crippen molar-refractivity contribution in [2.24, 2.45) is 0 Å². The quantitative estimate of drug-likeness (QED) is 0.456. The van der Waals surface area contributed by atoms with Crippen LogP contribution in [0.4, 0.5) is 0 Å². The van der Waals surface area contributed by atoms with Gasteiger partial charge in [0.1, 0.15) is 0 Å². The van der Waals surface area contributed by atoms with Gasteiger partial charge in [0, 0.05) is 8.41 Å². The van der Waals surface area contributed by atoms with Gasteiger partial charge in [-0.1, -0.05) is 59.7 Å². The Balaban J connectivity index is 0.00000121. The van der Waals surface area contributed by atoms with E-state index in [1.165, 1.54) is 5.30 Å². The zero-order valence-electron chi connectivity index (χ0n) is 7.96. The van der Waals surface area contributed by atoms with Crippen LogP contribution in [0.1, 0.15) is 20.8 Å². The van der Waals surface area contributed by atoms with E-state index in [4.69, 9.17) is 0 Å². The summed E-state index contributed by atoms with van der Waals surface area (Å²) in [5.41, 5.74) is 0. The third kappa shape index (κ3) is 4.56. The zero-order valence-corrected chi connectivity index (χ0v) is 8.96. The van der Waals surface area contributed by atoms with Crippen LogP contribution in [0.25, 0.3) is 0 Å². The van der Waals surface area contributed by atoms with Gasteiger partial charge in [-0.3, -0.25) is 0 Å². The molecule has 0 bridgehead atoms. The van der Waals surface area contributed by atoms with Crippen molar-refractivity contribution in [3.8, 4) is 0 Å². The van der Waals surface area contributed by atoms with E-state index in [9.17, 15) is 0 Å². The molecule has 1 rings (SSSR count). The van der Waals surface area contributed by atoms with Crippen LogP contribution < -0.4 is 5.30 Å². The lowest BCUT2D eigenvalue weighted by atomic mass is 10.3. The molecule has 0 aromatic heterocycles. The average molecular weight is 177 g/mol. The molecular weight excluding hydrogens is 162 g/mol. The van der Waals surface area contributed by atoms with Crippen molar-refractivity contribution in [3.63, 3.8) is 0 Å². The molecule has 0 N–H and O–H groups in total. The van der Waals surface area contributed by atoms with Crippen molar-refractivity contribution >= 4 is 22.3 Å². The summed E-state index contributed by atoms with van der Waals surface area (Å²) in [6.45, 7) is 6.83. The lowest BCUT2D eigenvalue weighted by Crippen LogP contribution is -2.10. The Labute approximate surface area is 79.1 Å². The molecule has 63 valence electrons. The molecule has 0 fully saturated rings. The molecule has 0 aliphatic carbocycles. The van der Waals surface area contributed by atoms with E-state index >= 15 is 0 Å². The van der Waals surface area contributed by atoms with E-state index in [2.05, 4.69) is 51.1 Å². The highest BCUT2D eigenvalue weighted by molar-refractivity contribution is 7.48. The Morgan fingerprint density at radius 1 is 1.00 bits per heavy atom. The fourth-order valence-electron chi connectivity index (χ4n) is 0.954. The summed E-state index contributed by atoms with van der Waals surface area (Å²) < 4.78 is 0. The van der Waals surface area contributed by atoms with Crippen molar-refractivity contribution in [3.05, 3.63) is 30.3 Å². The van der Waals surface area contributed by atoms with E-state index in [0.29, 0.717) is 5.16 Å². The Hall–Kier alpha value is -0.285. The highest BCUT2D eigenvalue weighted by Crippen LogP contribution is 2.28. The Morgan fingerprint density at radius 3 is 1.92 bits per heavy atom. The fraction of sp³-hybridized carbons (Fsp3) is 0.400. The molecule has 1 aromatic carbocycles. The molecule has 0 saturated carbocycles. The predicted molar refractivity (Wildman–Crippen MR) is 59.9 cm³/mol. The monoisotopic (exact) mass is 177 g/mol. The SMILES string of the molecule is CC(C)(C)Pc1ccccc1.[B]. The summed E-state index contributed by atoms with van der Waals surface area (Å²) in [6.07, 6.45) is 0. The van der Waals surface area contributed by atoms with Crippen LogP contribution >= 0.6 is 8.58 Å². The van der Waals surface area contributed by atoms with Crippen LogP contribution in [-0.2, 0) is 0 Å². The minimum Gasteiger partial charge on any atom is -0.0849 e. The molecule has 3 radical (unpaired) electrons. The van der Waals surface area contributed by atoms with Crippen LogP contribution in [0, 0.1) is 0 Å². The molecule has 0 saturated heterocycles. The van der Waals surface area contributed by atoms with E-state index in [1.54, 1.807) is 0 Å². The van der Waals surface area contributed by atoms with E-state index in [-0.39, 0.29) is 8.41 Å². The smallest absolute Gasteiger partial charge is 0 e. The molecule has 0 nitrogen and oxygen atoms in total. The molecule has 1 unspecified atom stereocenters. The summed E-state index contributed by atoms with van der Waals surface area (Å²) in [5.74, 6) is 0. The minimum absolute atomic E-state index is 0. The first-order valence-electron chi connectivity index (χ1n) is 3.91. The molecule has 12 heavy (non-hydrogen) atoms. The van der Waals surface area contributed by atoms with Gasteiger partial charge in [0.05, 0.1) is 0 Å². The first-order chi connectivity index (χ1) is 5.08. The van der Waals surface area contributed by atoms with Crippen molar-refractivity contribution in [1.82, 2.24) is 0 Å². The number of hydrogen-bond acceptors (Lipinski definition) is 0. The molecule has 0 amide bonds. The molecular formula is C10H15BP. The number of benzene rings is 1. The molecule has 0 spiro atoms. The summed E-state index contributed by atoms with van der Waals surface area (Å²) in [6, 6.07) is 10.7. The molecule has 0 heterocycles. The van der Waals surface area contributed by atoms with E-state index in [0.717, 1.165) is 8.58 Å². The maximum Gasteiger partial charge on any atom is 0 e. The largest absolute Gasteiger partial charge is 0.0849 e. The maximum absolute atomic E-state index is 2.28. The second kappa shape index (κ2) is 4.67. The van der Waals surface area contributed by atoms with Crippen LogP contribution in [0.5, 0.6) is 0 Å². The normalized spacial score (nSPS) is 11.6. The van der Waals surface area contributed by atoms with E-state index in [1.807, 2.05) is 0 Å². The Bertz CT molecular complexity index is 213. The predicted octanol–water partition coefficient (Wildman–Crippen LogP) is 2.41. The molecule has 1 atom stereocenters. The van der Waals surface area contributed by atoms with Crippen LogP contribution in [0.15, 0.2) is 30.3 Å². The first kappa shape index (κ1) is 11.7. The van der Waals surface area contributed by atoms with Gasteiger partial charge in [0.2, 0.25) is 0 Å². The molecule has 1 aromatic rings. The average Bonchev–Trinajstić information content (AvgIpc) is 1.85. The van der Waals surface area contributed by atoms with Gasteiger partial charge in [-0.05, 0) is 10.5 Å². The third-order valence-corrected chi connectivity index (χ3v) is 2.67. The van der Waals surface area contributed by atoms with Gasteiger partial charge in [-0.15, -0.1) is 0 Å². The van der Waals surface area contributed by atoms with Gasteiger partial charge in [-0.25, -0.2) is 0 Å². The van der Waals surface area contributed by atoms with E-state index < -0.39 is 0 Å². The van der Waals surface area contributed by atoms with Gasteiger partial charge >= 0.3 is 0 Å². The van der Waals surface area contributed by atoms with Crippen molar-refractivity contribution < 1.29 is 0 Å². The summed E-state index contributed by atoms with van der Waals surface area (Å²) in [7, 11) is 0.914.